The fraction of sp³-hybridized carbons (Fsp3) is 0.176. The summed E-state index contributed by atoms with van der Waals surface area (Å²) in [4.78, 5) is 19.9. The van der Waals surface area contributed by atoms with E-state index >= 15 is 0 Å². The quantitative estimate of drug-likeness (QED) is 0.560. The Balaban J connectivity index is 2.19. The molecule has 0 aliphatic rings. The highest BCUT2D eigenvalue weighted by molar-refractivity contribution is 7.23. The van der Waals surface area contributed by atoms with Crippen molar-refractivity contribution < 1.29 is 0 Å². The summed E-state index contributed by atoms with van der Waals surface area (Å²) in [7, 11) is 0. The molecular formula is C17H15N3OS. The number of rotatable bonds is 3. The molecule has 4 nitrogen and oxygen atoms in total. The number of fused-ring (bicyclic) bond motifs is 6. The Morgan fingerprint density at radius 1 is 1.18 bits per heavy atom. The van der Waals surface area contributed by atoms with Crippen LogP contribution >= 0.6 is 11.3 Å². The molecule has 2 aromatic heterocycles. The van der Waals surface area contributed by atoms with Gasteiger partial charge in [-0.05, 0) is 17.9 Å². The largest absolute Gasteiger partial charge is 0.361 e. The van der Waals surface area contributed by atoms with Gasteiger partial charge in [0, 0.05) is 23.5 Å². The van der Waals surface area contributed by atoms with Gasteiger partial charge in [-0.1, -0.05) is 42.5 Å². The predicted molar refractivity (Wildman–Crippen MR) is 94.0 cm³/mol. The van der Waals surface area contributed by atoms with Crippen LogP contribution in [0.4, 0.5) is 5.13 Å². The Hall–Kier alpha value is -2.40. The van der Waals surface area contributed by atoms with Gasteiger partial charge >= 0.3 is 0 Å². The maximum atomic E-state index is 12.3. The van der Waals surface area contributed by atoms with Gasteiger partial charge < -0.3 is 10.3 Å². The summed E-state index contributed by atoms with van der Waals surface area (Å²) in [5.41, 5.74) is 0.921. The summed E-state index contributed by atoms with van der Waals surface area (Å²) in [5.74, 6) is 0. The van der Waals surface area contributed by atoms with Crippen molar-refractivity contribution in [2.45, 2.75) is 13.3 Å². The number of anilines is 1. The molecule has 0 saturated carbocycles. The Kier molecular flexibility index (Phi) is 3.08. The molecule has 2 N–H and O–H groups in total. The van der Waals surface area contributed by atoms with Gasteiger partial charge in [-0.15, -0.1) is 0 Å². The molecule has 22 heavy (non-hydrogen) atoms. The van der Waals surface area contributed by atoms with Crippen LogP contribution in [0.1, 0.15) is 13.3 Å². The first-order valence-electron chi connectivity index (χ1n) is 7.36. The van der Waals surface area contributed by atoms with E-state index in [9.17, 15) is 4.79 Å². The Bertz CT molecular complexity index is 1050. The van der Waals surface area contributed by atoms with Crippen LogP contribution in [0.15, 0.2) is 41.3 Å². The molecule has 5 heteroatoms. The van der Waals surface area contributed by atoms with Crippen LogP contribution in [0.25, 0.3) is 31.8 Å². The van der Waals surface area contributed by atoms with Gasteiger partial charge in [0.1, 0.15) is 0 Å². The summed E-state index contributed by atoms with van der Waals surface area (Å²) in [6.45, 7) is 3.03. The molecule has 0 spiro atoms. The van der Waals surface area contributed by atoms with Crippen molar-refractivity contribution in [3.8, 4) is 0 Å². The van der Waals surface area contributed by atoms with Crippen LogP contribution < -0.4 is 10.9 Å². The molecule has 0 radical (unpaired) electrons. The zero-order chi connectivity index (χ0) is 15.1. The van der Waals surface area contributed by atoms with Gasteiger partial charge in [0.05, 0.1) is 15.6 Å². The van der Waals surface area contributed by atoms with Crippen LogP contribution in [-0.2, 0) is 0 Å². The molecule has 0 atom stereocenters. The second-order valence-electron chi connectivity index (χ2n) is 5.26. The van der Waals surface area contributed by atoms with E-state index in [1.165, 1.54) is 0 Å². The van der Waals surface area contributed by atoms with Gasteiger partial charge in [0.15, 0.2) is 5.13 Å². The van der Waals surface area contributed by atoms with E-state index < -0.39 is 0 Å². The third-order valence-electron chi connectivity index (χ3n) is 3.81. The van der Waals surface area contributed by atoms with Crippen LogP contribution in [0, 0.1) is 0 Å². The number of pyridine rings is 1. The zero-order valence-corrected chi connectivity index (χ0v) is 13.0. The second kappa shape index (κ2) is 5.10. The van der Waals surface area contributed by atoms with E-state index in [0.29, 0.717) is 0 Å². The maximum absolute atomic E-state index is 12.3. The highest BCUT2D eigenvalue weighted by Crippen LogP contribution is 2.37. The lowest BCUT2D eigenvalue weighted by Gasteiger charge is -2.04. The fourth-order valence-electron chi connectivity index (χ4n) is 2.84. The Morgan fingerprint density at radius 3 is 2.82 bits per heavy atom. The molecule has 4 aromatic rings. The summed E-state index contributed by atoms with van der Waals surface area (Å²) in [6.07, 6.45) is 2.76. The van der Waals surface area contributed by atoms with Crippen molar-refractivity contribution in [3.63, 3.8) is 0 Å². The normalized spacial score (nSPS) is 11.5. The van der Waals surface area contributed by atoms with Crippen molar-refractivity contribution in [1.29, 1.82) is 0 Å². The highest BCUT2D eigenvalue weighted by atomic mass is 32.1. The molecule has 0 fully saturated rings. The first-order valence-corrected chi connectivity index (χ1v) is 8.17. The number of nitrogens with one attached hydrogen (secondary N) is 2. The molecule has 0 aliphatic heterocycles. The number of benzene rings is 2. The van der Waals surface area contributed by atoms with E-state index in [1.807, 2.05) is 30.3 Å². The lowest BCUT2D eigenvalue weighted by molar-refractivity contribution is 0.977. The third kappa shape index (κ3) is 1.89. The SMILES string of the molecule is CCCNc1nc2c3ccccc3c3c(=O)[nH]ccc3c2s1. The molecule has 0 amide bonds. The lowest BCUT2D eigenvalue weighted by Crippen LogP contribution is -2.05. The summed E-state index contributed by atoms with van der Waals surface area (Å²) in [5, 5.41) is 7.97. The first kappa shape index (κ1) is 13.3. The van der Waals surface area contributed by atoms with E-state index in [1.54, 1.807) is 17.5 Å². The number of H-pyrrole nitrogens is 1. The van der Waals surface area contributed by atoms with Gasteiger partial charge in [-0.25, -0.2) is 4.98 Å². The summed E-state index contributed by atoms with van der Waals surface area (Å²) in [6, 6.07) is 9.94. The molecule has 2 heterocycles. The summed E-state index contributed by atoms with van der Waals surface area (Å²) < 4.78 is 1.07. The minimum Gasteiger partial charge on any atom is -0.361 e. The van der Waals surface area contributed by atoms with Gasteiger partial charge in [0.25, 0.3) is 5.56 Å². The molecule has 0 aliphatic carbocycles. The molecule has 110 valence electrons. The summed E-state index contributed by atoms with van der Waals surface area (Å²) >= 11 is 1.62. The number of aromatic amines is 1. The van der Waals surface area contributed by atoms with Crippen molar-refractivity contribution in [1.82, 2.24) is 9.97 Å². The van der Waals surface area contributed by atoms with Crippen molar-refractivity contribution in [2.75, 3.05) is 11.9 Å². The number of aromatic nitrogens is 2. The number of hydrogen-bond acceptors (Lipinski definition) is 4. The van der Waals surface area contributed by atoms with Crippen LogP contribution in [0.5, 0.6) is 0 Å². The van der Waals surface area contributed by atoms with Crippen molar-refractivity contribution in [3.05, 3.63) is 46.9 Å². The number of nitrogens with zero attached hydrogens (tertiary/aromatic N) is 1. The van der Waals surface area contributed by atoms with Gasteiger partial charge in [-0.3, -0.25) is 4.79 Å². The molecular weight excluding hydrogens is 294 g/mol. The number of hydrogen-bond donors (Lipinski definition) is 2. The van der Waals surface area contributed by atoms with Crippen LogP contribution in [0.2, 0.25) is 0 Å². The van der Waals surface area contributed by atoms with E-state index in [0.717, 1.165) is 49.9 Å². The monoisotopic (exact) mass is 309 g/mol. The van der Waals surface area contributed by atoms with Gasteiger partial charge in [0.2, 0.25) is 0 Å². The zero-order valence-electron chi connectivity index (χ0n) is 12.1. The lowest BCUT2D eigenvalue weighted by atomic mass is 10.0. The topological polar surface area (TPSA) is 57.8 Å². The standard InChI is InChI=1S/C17H15N3OS/c1-2-8-19-17-20-14-11-6-4-3-5-10(11)13-12(15(14)22-17)7-9-18-16(13)21/h3-7,9H,2,8H2,1H3,(H,18,21)(H,19,20). The molecule has 0 bridgehead atoms. The van der Waals surface area contributed by atoms with E-state index in [-0.39, 0.29) is 5.56 Å². The third-order valence-corrected chi connectivity index (χ3v) is 4.86. The van der Waals surface area contributed by atoms with Crippen molar-refractivity contribution in [2.24, 2.45) is 0 Å². The van der Waals surface area contributed by atoms with Crippen LogP contribution in [0.3, 0.4) is 0 Å². The minimum absolute atomic E-state index is 0.0490. The number of thiazole rings is 1. The minimum atomic E-state index is -0.0490. The smallest absolute Gasteiger partial charge is 0.256 e. The highest BCUT2D eigenvalue weighted by Gasteiger charge is 2.14. The maximum Gasteiger partial charge on any atom is 0.256 e. The first-order chi connectivity index (χ1) is 10.8. The average molecular weight is 309 g/mol. The van der Waals surface area contributed by atoms with Gasteiger partial charge in [-0.2, -0.15) is 0 Å². The second-order valence-corrected chi connectivity index (χ2v) is 6.26. The molecule has 2 aromatic carbocycles. The molecule has 0 saturated heterocycles. The average Bonchev–Trinajstić information content (AvgIpc) is 2.97. The van der Waals surface area contributed by atoms with Crippen LogP contribution in [-0.4, -0.2) is 16.5 Å². The molecule has 0 unspecified atom stereocenters. The van der Waals surface area contributed by atoms with Crippen molar-refractivity contribution >= 4 is 48.2 Å². The Morgan fingerprint density at radius 2 is 2.00 bits per heavy atom. The Labute approximate surface area is 130 Å². The fourth-order valence-corrected chi connectivity index (χ4v) is 3.87. The predicted octanol–water partition coefficient (Wildman–Crippen LogP) is 4.11. The van der Waals surface area contributed by atoms with E-state index in [4.69, 9.17) is 4.98 Å². The van der Waals surface area contributed by atoms with E-state index in [2.05, 4.69) is 17.2 Å². The molecule has 4 rings (SSSR count).